The Hall–Kier alpha value is -1.49. The molecule has 0 bridgehead atoms. The number of amides is 1. The number of nitrogens with one attached hydrogen (secondary N) is 1. The van der Waals surface area contributed by atoms with Gasteiger partial charge in [0.05, 0.1) is 28.7 Å². The van der Waals surface area contributed by atoms with Crippen LogP contribution in [0.2, 0.25) is 0 Å². The molecule has 0 aliphatic carbocycles. The van der Waals surface area contributed by atoms with Crippen LogP contribution in [0.15, 0.2) is 38.5 Å². The lowest BCUT2D eigenvalue weighted by molar-refractivity contribution is -0.120. The minimum absolute atomic E-state index is 0.174. The molecule has 7 nitrogen and oxygen atoms in total. The van der Waals surface area contributed by atoms with Crippen molar-refractivity contribution >= 4 is 48.9 Å². The fourth-order valence-electron chi connectivity index (χ4n) is 2.76. The normalized spacial score (nSPS) is 18.5. The van der Waals surface area contributed by atoms with E-state index in [1.165, 1.54) is 28.9 Å². The molecule has 0 spiro atoms. The molecule has 26 heavy (non-hydrogen) atoms. The summed E-state index contributed by atoms with van der Waals surface area (Å²) in [6.45, 7) is 0.596. The molecule has 1 unspecified atom stereocenters. The molecular formula is C16H18BrN3O4S2. The quantitative estimate of drug-likeness (QED) is 0.742. The summed E-state index contributed by atoms with van der Waals surface area (Å²) in [5.41, 5.74) is 0.554. The van der Waals surface area contributed by atoms with E-state index in [1.54, 1.807) is 24.3 Å². The number of carbonyl (C=O) groups excluding carboxylic acids is 1. The Morgan fingerprint density at radius 2 is 2.19 bits per heavy atom. The van der Waals surface area contributed by atoms with Crippen molar-refractivity contribution < 1.29 is 17.9 Å². The monoisotopic (exact) mass is 459 g/mol. The van der Waals surface area contributed by atoms with Gasteiger partial charge in [-0.3, -0.25) is 4.79 Å². The van der Waals surface area contributed by atoms with Crippen LogP contribution in [0, 0.1) is 5.92 Å². The number of aromatic nitrogens is 1. The second-order valence-electron chi connectivity index (χ2n) is 5.84. The zero-order valence-electron chi connectivity index (χ0n) is 14.0. The van der Waals surface area contributed by atoms with Crippen molar-refractivity contribution in [2.75, 3.05) is 25.5 Å². The summed E-state index contributed by atoms with van der Waals surface area (Å²) < 4.78 is 32.9. The first-order valence-corrected chi connectivity index (χ1v) is 11.0. The van der Waals surface area contributed by atoms with Gasteiger partial charge in [0.2, 0.25) is 11.8 Å². The molecule has 1 N–H and O–H groups in total. The third-order valence-electron chi connectivity index (χ3n) is 4.11. The van der Waals surface area contributed by atoms with Gasteiger partial charge >= 0.3 is 0 Å². The molecular weight excluding hydrogens is 442 g/mol. The Morgan fingerprint density at radius 1 is 1.38 bits per heavy atom. The van der Waals surface area contributed by atoms with Gasteiger partial charge in [-0.2, -0.15) is 4.31 Å². The summed E-state index contributed by atoms with van der Waals surface area (Å²) in [4.78, 5) is 16.6. The number of piperidine rings is 1. The first kappa shape index (κ1) is 19.3. The van der Waals surface area contributed by atoms with E-state index in [2.05, 4.69) is 26.2 Å². The average Bonchev–Trinajstić information content (AvgIpc) is 3.10. The molecule has 0 saturated carbocycles. The third kappa shape index (κ3) is 4.25. The number of thiophene rings is 1. The number of nitrogens with zero attached hydrogens (tertiary/aromatic N) is 2. The maximum absolute atomic E-state index is 12.8. The lowest BCUT2D eigenvalue weighted by Gasteiger charge is -2.30. The SMILES string of the molecule is COc1ccc(NC(=O)C2CCCN(S(=O)(=O)c3ccc(Br)s3)C2)cn1. The number of methoxy groups -OCH3 is 1. The summed E-state index contributed by atoms with van der Waals surface area (Å²) in [6, 6.07) is 6.64. The second kappa shape index (κ2) is 8.03. The maximum atomic E-state index is 12.8. The predicted molar refractivity (Wildman–Crippen MR) is 103 cm³/mol. The highest BCUT2D eigenvalue weighted by atomic mass is 79.9. The molecule has 1 saturated heterocycles. The number of hydrogen-bond acceptors (Lipinski definition) is 6. The highest BCUT2D eigenvalue weighted by Crippen LogP contribution is 2.31. The van der Waals surface area contributed by atoms with Crippen molar-refractivity contribution in [1.82, 2.24) is 9.29 Å². The predicted octanol–water partition coefficient (Wildman–Crippen LogP) is 2.95. The number of rotatable bonds is 5. The molecule has 1 aliphatic heterocycles. The van der Waals surface area contributed by atoms with E-state index in [1.807, 2.05) is 0 Å². The lowest BCUT2D eigenvalue weighted by Crippen LogP contribution is -2.43. The van der Waals surface area contributed by atoms with E-state index in [9.17, 15) is 13.2 Å². The van der Waals surface area contributed by atoms with Crippen LogP contribution in [-0.2, 0) is 14.8 Å². The Morgan fingerprint density at radius 3 is 2.81 bits per heavy atom. The molecule has 3 rings (SSSR count). The fraction of sp³-hybridized carbons (Fsp3) is 0.375. The average molecular weight is 460 g/mol. The Balaban J connectivity index is 1.68. The van der Waals surface area contributed by atoms with Gasteiger partial charge in [0.25, 0.3) is 10.0 Å². The highest BCUT2D eigenvalue weighted by molar-refractivity contribution is 9.11. The van der Waals surface area contributed by atoms with E-state index >= 15 is 0 Å². The number of anilines is 1. The molecule has 2 aromatic heterocycles. The minimum atomic E-state index is -3.58. The molecule has 1 fully saturated rings. The van der Waals surface area contributed by atoms with Crippen LogP contribution >= 0.6 is 27.3 Å². The van der Waals surface area contributed by atoms with Gasteiger partial charge in [-0.15, -0.1) is 11.3 Å². The van der Waals surface area contributed by atoms with Crippen LogP contribution in [0.4, 0.5) is 5.69 Å². The number of carbonyl (C=O) groups is 1. The zero-order valence-corrected chi connectivity index (χ0v) is 17.2. The molecule has 140 valence electrons. The van der Waals surface area contributed by atoms with Crippen LogP contribution in [-0.4, -0.2) is 43.8 Å². The second-order valence-corrected chi connectivity index (χ2v) is 10.5. The lowest BCUT2D eigenvalue weighted by atomic mass is 9.99. The van der Waals surface area contributed by atoms with E-state index < -0.39 is 15.9 Å². The van der Waals surface area contributed by atoms with Crippen LogP contribution < -0.4 is 10.1 Å². The maximum Gasteiger partial charge on any atom is 0.252 e. The van der Waals surface area contributed by atoms with Gasteiger partial charge in [-0.25, -0.2) is 13.4 Å². The minimum Gasteiger partial charge on any atom is -0.481 e. The van der Waals surface area contributed by atoms with Crippen molar-refractivity contribution in [3.8, 4) is 5.88 Å². The van der Waals surface area contributed by atoms with Crippen molar-refractivity contribution in [2.24, 2.45) is 5.92 Å². The van der Waals surface area contributed by atoms with Crippen molar-refractivity contribution in [2.45, 2.75) is 17.1 Å². The number of hydrogen-bond donors (Lipinski definition) is 1. The van der Waals surface area contributed by atoms with Crippen LogP contribution in [0.1, 0.15) is 12.8 Å². The van der Waals surface area contributed by atoms with E-state index in [0.717, 1.165) is 3.79 Å². The number of sulfonamides is 1. The van der Waals surface area contributed by atoms with Gasteiger partial charge in [0.1, 0.15) is 4.21 Å². The van der Waals surface area contributed by atoms with E-state index in [4.69, 9.17) is 4.74 Å². The van der Waals surface area contributed by atoms with Crippen LogP contribution in [0.25, 0.3) is 0 Å². The topological polar surface area (TPSA) is 88.6 Å². The molecule has 3 heterocycles. The standard InChI is InChI=1S/C16H18BrN3O4S2/c1-24-14-6-4-12(9-18-14)19-16(21)11-3-2-8-20(10-11)26(22,23)15-7-5-13(17)25-15/h4-7,9,11H,2-3,8,10H2,1H3,(H,19,21). The Kier molecular flexibility index (Phi) is 5.96. The Labute approximate surface area is 164 Å². The van der Waals surface area contributed by atoms with Crippen molar-refractivity contribution in [3.05, 3.63) is 34.2 Å². The van der Waals surface area contributed by atoms with E-state index in [-0.39, 0.29) is 16.7 Å². The molecule has 0 aromatic carbocycles. The first-order valence-electron chi connectivity index (χ1n) is 7.96. The van der Waals surface area contributed by atoms with Crippen LogP contribution in [0.3, 0.4) is 0 Å². The number of halogens is 1. The zero-order chi connectivity index (χ0) is 18.7. The molecule has 2 aromatic rings. The summed E-state index contributed by atoms with van der Waals surface area (Å²) >= 11 is 4.46. The van der Waals surface area contributed by atoms with Gasteiger partial charge in [0, 0.05) is 19.2 Å². The summed E-state index contributed by atoms with van der Waals surface area (Å²) in [6.07, 6.45) is 2.80. The Bertz CT molecular complexity index is 883. The van der Waals surface area contributed by atoms with Crippen molar-refractivity contribution in [3.63, 3.8) is 0 Å². The smallest absolute Gasteiger partial charge is 0.252 e. The number of ether oxygens (including phenoxy) is 1. The first-order chi connectivity index (χ1) is 12.4. The summed E-state index contributed by atoms with van der Waals surface area (Å²) in [5.74, 6) is -0.145. The van der Waals surface area contributed by atoms with Gasteiger partial charge in [-0.05, 0) is 47.0 Å². The van der Waals surface area contributed by atoms with Gasteiger partial charge in [-0.1, -0.05) is 0 Å². The highest BCUT2D eigenvalue weighted by Gasteiger charge is 2.34. The van der Waals surface area contributed by atoms with Gasteiger partial charge < -0.3 is 10.1 Å². The molecule has 10 heteroatoms. The summed E-state index contributed by atoms with van der Waals surface area (Å²) in [7, 11) is -2.06. The number of pyridine rings is 1. The van der Waals surface area contributed by atoms with Crippen LogP contribution in [0.5, 0.6) is 5.88 Å². The molecule has 1 aliphatic rings. The third-order valence-corrected chi connectivity index (χ3v) is 8.07. The van der Waals surface area contributed by atoms with Crippen molar-refractivity contribution in [1.29, 1.82) is 0 Å². The molecule has 0 radical (unpaired) electrons. The molecule has 1 amide bonds. The van der Waals surface area contributed by atoms with Gasteiger partial charge in [0.15, 0.2) is 0 Å². The van der Waals surface area contributed by atoms with E-state index in [0.29, 0.717) is 31.0 Å². The molecule has 1 atom stereocenters. The largest absolute Gasteiger partial charge is 0.481 e. The summed E-state index contributed by atoms with van der Waals surface area (Å²) in [5, 5.41) is 2.80. The fourth-order valence-corrected chi connectivity index (χ4v) is 6.45.